The SMILES string of the molecule is CC1(C)CC(C)(C)c2cc3c(cc21)-c1cccc(-c2cc(N(c4ccccc4)c4ccc5c(c4)C4(c6ccccc6-c6ccccc64)c4ccccc4-5)c4ccccc4c2)c1C3(C)C. The molecule has 4 aliphatic carbocycles. The molecular formula is C63H51N. The minimum atomic E-state index is -0.433. The number of hydrogen-bond acceptors (Lipinski definition) is 1. The Balaban J connectivity index is 1.05. The summed E-state index contributed by atoms with van der Waals surface area (Å²) in [6.45, 7) is 14.7. The molecule has 0 N–H and O–H groups in total. The first kappa shape index (κ1) is 37.6. The summed E-state index contributed by atoms with van der Waals surface area (Å²) in [4.78, 5) is 2.52. The van der Waals surface area contributed by atoms with Gasteiger partial charge in [-0.25, -0.2) is 0 Å². The molecule has 9 aromatic rings. The first-order valence-corrected chi connectivity index (χ1v) is 23.1. The predicted octanol–water partition coefficient (Wildman–Crippen LogP) is 16.6. The largest absolute Gasteiger partial charge is 0.310 e. The van der Waals surface area contributed by atoms with E-state index < -0.39 is 5.41 Å². The Kier molecular flexibility index (Phi) is 7.53. The van der Waals surface area contributed by atoms with Crippen LogP contribution in [0.15, 0.2) is 188 Å². The number of fused-ring (bicyclic) bond motifs is 15. The average molecular weight is 822 g/mol. The highest BCUT2D eigenvalue weighted by molar-refractivity contribution is 6.04. The molecule has 0 heterocycles. The van der Waals surface area contributed by atoms with Crippen molar-refractivity contribution in [2.45, 2.75) is 69.6 Å². The molecular weight excluding hydrogens is 771 g/mol. The van der Waals surface area contributed by atoms with Gasteiger partial charge in [0.2, 0.25) is 0 Å². The van der Waals surface area contributed by atoms with E-state index in [9.17, 15) is 0 Å². The minimum absolute atomic E-state index is 0.136. The van der Waals surface area contributed by atoms with Gasteiger partial charge >= 0.3 is 0 Å². The van der Waals surface area contributed by atoms with Gasteiger partial charge in [-0.1, -0.05) is 187 Å². The lowest BCUT2D eigenvalue weighted by molar-refractivity contribution is 0.403. The van der Waals surface area contributed by atoms with E-state index >= 15 is 0 Å². The molecule has 1 spiro atoms. The Hall–Kier alpha value is -6.96. The molecule has 0 saturated carbocycles. The van der Waals surface area contributed by atoms with Crippen LogP contribution in [0.4, 0.5) is 17.1 Å². The second-order valence-corrected chi connectivity index (χ2v) is 20.7. The Morgan fingerprint density at radius 1 is 0.359 bits per heavy atom. The molecule has 9 aromatic carbocycles. The van der Waals surface area contributed by atoms with E-state index in [0.29, 0.717) is 0 Å². The van der Waals surface area contributed by atoms with Gasteiger partial charge in [-0.2, -0.15) is 0 Å². The third kappa shape index (κ3) is 4.85. The fraction of sp³-hybridized carbons (Fsp3) is 0.175. The summed E-state index contributed by atoms with van der Waals surface area (Å²) in [7, 11) is 0. The summed E-state index contributed by atoms with van der Waals surface area (Å²) in [5.74, 6) is 0. The lowest BCUT2D eigenvalue weighted by atomic mass is 9.70. The molecule has 64 heavy (non-hydrogen) atoms. The first-order chi connectivity index (χ1) is 31.0. The third-order valence-electron chi connectivity index (χ3n) is 15.8. The average Bonchev–Trinajstić information content (AvgIpc) is 3.92. The zero-order chi connectivity index (χ0) is 43.3. The van der Waals surface area contributed by atoms with Gasteiger partial charge in [-0.3, -0.25) is 0 Å². The zero-order valence-corrected chi connectivity index (χ0v) is 37.6. The summed E-state index contributed by atoms with van der Waals surface area (Å²) in [5.41, 5.74) is 25.0. The van der Waals surface area contributed by atoms with Crippen LogP contribution in [-0.4, -0.2) is 0 Å². The topological polar surface area (TPSA) is 3.24 Å². The van der Waals surface area contributed by atoms with Crippen molar-refractivity contribution in [3.05, 3.63) is 233 Å². The smallest absolute Gasteiger partial charge is 0.0726 e. The van der Waals surface area contributed by atoms with Gasteiger partial charge in [0.15, 0.2) is 0 Å². The van der Waals surface area contributed by atoms with Crippen LogP contribution in [0, 0.1) is 0 Å². The van der Waals surface area contributed by atoms with Crippen molar-refractivity contribution in [3.8, 4) is 44.5 Å². The van der Waals surface area contributed by atoms with Gasteiger partial charge in [0, 0.05) is 22.2 Å². The van der Waals surface area contributed by atoms with Crippen molar-refractivity contribution in [1.29, 1.82) is 0 Å². The molecule has 0 amide bonds. The third-order valence-corrected chi connectivity index (χ3v) is 15.8. The maximum atomic E-state index is 2.59. The Morgan fingerprint density at radius 2 is 0.906 bits per heavy atom. The molecule has 0 aromatic heterocycles. The van der Waals surface area contributed by atoms with Crippen LogP contribution >= 0.6 is 0 Å². The first-order valence-electron chi connectivity index (χ1n) is 23.1. The second-order valence-electron chi connectivity index (χ2n) is 20.7. The highest BCUT2D eigenvalue weighted by Gasteiger charge is 2.52. The van der Waals surface area contributed by atoms with Crippen LogP contribution in [-0.2, 0) is 21.7 Å². The zero-order valence-electron chi connectivity index (χ0n) is 37.6. The van der Waals surface area contributed by atoms with Crippen LogP contribution in [0.5, 0.6) is 0 Å². The molecule has 0 bridgehead atoms. The van der Waals surface area contributed by atoms with Gasteiger partial charge in [0.05, 0.1) is 11.1 Å². The van der Waals surface area contributed by atoms with Crippen molar-refractivity contribution >= 4 is 27.8 Å². The predicted molar refractivity (Wildman–Crippen MR) is 269 cm³/mol. The quantitative estimate of drug-likeness (QED) is 0.171. The highest BCUT2D eigenvalue weighted by Crippen LogP contribution is 2.64. The molecule has 0 saturated heterocycles. The van der Waals surface area contributed by atoms with Gasteiger partial charge in [-0.05, 0) is 154 Å². The number of hydrogen-bond donors (Lipinski definition) is 0. The van der Waals surface area contributed by atoms with E-state index in [2.05, 4.69) is 234 Å². The lowest BCUT2D eigenvalue weighted by Crippen LogP contribution is -2.26. The van der Waals surface area contributed by atoms with Crippen molar-refractivity contribution < 1.29 is 0 Å². The molecule has 0 fully saturated rings. The van der Waals surface area contributed by atoms with E-state index in [1.165, 1.54) is 112 Å². The molecule has 0 radical (unpaired) electrons. The molecule has 13 rings (SSSR count). The fourth-order valence-electron chi connectivity index (χ4n) is 13.4. The van der Waals surface area contributed by atoms with E-state index in [4.69, 9.17) is 0 Å². The summed E-state index contributed by atoms with van der Waals surface area (Å²) in [6, 6.07) is 71.7. The summed E-state index contributed by atoms with van der Waals surface area (Å²) in [5, 5.41) is 2.45. The van der Waals surface area contributed by atoms with E-state index in [0.717, 1.165) is 11.4 Å². The normalized spacial score (nSPS) is 16.7. The van der Waals surface area contributed by atoms with Crippen LogP contribution in [0.1, 0.15) is 92.5 Å². The van der Waals surface area contributed by atoms with Crippen LogP contribution in [0.2, 0.25) is 0 Å². The standard InChI is InChI=1S/C63H51N/c1-60(2)38-61(3,4)57-37-54-50(36-56(57)60)49-27-18-26-44(59(49)62(54,5)6)40-33-39-19-10-11-22-43(39)58(34-40)64(41-20-8-7-9-21-41)42-31-32-48-47-25-14-17-30-53(47)63(55(48)35-42)51-28-15-12-23-45(51)46-24-13-16-29-52(46)63/h7-37H,38H2,1-6H3. The van der Waals surface area contributed by atoms with Crippen molar-refractivity contribution in [2.24, 2.45) is 0 Å². The van der Waals surface area contributed by atoms with Crippen LogP contribution in [0.3, 0.4) is 0 Å². The van der Waals surface area contributed by atoms with Crippen LogP contribution < -0.4 is 4.90 Å². The van der Waals surface area contributed by atoms with Crippen molar-refractivity contribution in [2.75, 3.05) is 4.90 Å². The van der Waals surface area contributed by atoms with Crippen molar-refractivity contribution in [3.63, 3.8) is 0 Å². The Bertz CT molecular complexity index is 3390. The van der Waals surface area contributed by atoms with Crippen LogP contribution in [0.25, 0.3) is 55.3 Å². The molecule has 0 atom stereocenters. The Morgan fingerprint density at radius 3 is 1.58 bits per heavy atom. The summed E-state index contributed by atoms with van der Waals surface area (Å²) < 4.78 is 0. The van der Waals surface area contributed by atoms with Gasteiger partial charge < -0.3 is 4.90 Å². The monoisotopic (exact) mass is 821 g/mol. The Labute approximate surface area is 377 Å². The number of para-hydroxylation sites is 1. The second kappa shape index (κ2) is 12.8. The number of anilines is 3. The van der Waals surface area contributed by atoms with Gasteiger partial charge in [0.25, 0.3) is 0 Å². The molecule has 4 aliphatic rings. The molecule has 1 heteroatoms. The maximum absolute atomic E-state index is 2.59. The van der Waals surface area contributed by atoms with E-state index in [1.807, 2.05) is 0 Å². The van der Waals surface area contributed by atoms with E-state index in [-0.39, 0.29) is 16.2 Å². The van der Waals surface area contributed by atoms with E-state index in [1.54, 1.807) is 0 Å². The summed E-state index contributed by atoms with van der Waals surface area (Å²) in [6.07, 6.45) is 1.17. The molecule has 0 unspecified atom stereocenters. The minimum Gasteiger partial charge on any atom is -0.310 e. The fourth-order valence-corrected chi connectivity index (χ4v) is 13.4. The van der Waals surface area contributed by atoms with Crippen molar-refractivity contribution in [1.82, 2.24) is 0 Å². The molecule has 1 nitrogen and oxygen atoms in total. The summed E-state index contributed by atoms with van der Waals surface area (Å²) >= 11 is 0. The number of rotatable bonds is 4. The maximum Gasteiger partial charge on any atom is 0.0726 e. The number of nitrogens with zero attached hydrogens (tertiary/aromatic N) is 1. The lowest BCUT2D eigenvalue weighted by Gasteiger charge is -2.32. The molecule has 308 valence electrons. The highest BCUT2D eigenvalue weighted by atomic mass is 15.1. The molecule has 0 aliphatic heterocycles. The number of benzene rings is 9. The van der Waals surface area contributed by atoms with Gasteiger partial charge in [-0.15, -0.1) is 0 Å². The van der Waals surface area contributed by atoms with Gasteiger partial charge in [0.1, 0.15) is 0 Å².